The summed E-state index contributed by atoms with van der Waals surface area (Å²) in [6.45, 7) is 20.5. The van der Waals surface area contributed by atoms with Gasteiger partial charge in [-0.15, -0.1) is 23.1 Å². The number of hydrogen-bond donors (Lipinski definition) is 5. The fraction of sp³-hybridized carbons (Fsp3) is 0.487. The molecule has 0 radical (unpaired) electrons. The van der Waals surface area contributed by atoms with Gasteiger partial charge in [-0.05, 0) is 152 Å². The van der Waals surface area contributed by atoms with Crippen molar-refractivity contribution in [2.75, 3.05) is 94.5 Å². The SMILES string of the molecule is Cc1ncsc1-c1ccc(CNC(=O)[C@@H]2C[C@@H](O)CN2C(=O)[C@@H](NC(=O)CCCCCCN2CCN(CC[C@H](CSc3ccccc3)Nc3ccc(S(=O)(=O)NC(=O)c4ccc(N5CCN(CC6=C(c7ccc(Cl)cc7)CCC(C)(C)C6)CC5)cc4)cc3S(=O)(=O)C(F)(F)F)CC2)C(C)(C)C)cc1. The first-order valence-corrected chi connectivity index (χ1v) is 40.6. The summed E-state index contributed by atoms with van der Waals surface area (Å²) >= 11 is 9.22. The van der Waals surface area contributed by atoms with Gasteiger partial charge in [-0.25, -0.2) is 26.5 Å². The molecule has 0 saturated carbocycles. The number of alkyl halides is 3. The molecule has 19 nitrogen and oxygen atoms in total. The van der Waals surface area contributed by atoms with Crippen molar-refractivity contribution in [3.63, 3.8) is 0 Å². The Morgan fingerprint density at radius 1 is 0.786 bits per heavy atom. The van der Waals surface area contributed by atoms with E-state index in [1.807, 2.05) is 99.1 Å². The monoisotopic (exact) mass is 1510 g/mol. The van der Waals surface area contributed by atoms with Crippen LogP contribution in [0.1, 0.15) is 126 Å². The number of aliphatic hydroxyl groups is 1. The molecule has 1 aromatic heterocycles. The third-order valence-corrected chi connectivity index (χ3v) is 25.1. The van der Waals surface area contributed by atoms with Crippen LogP contribution in [0.5, 0.6) is 0 Å². The van der Waals surface area contributed by atoms with E-state index in [0.29, 0.717) is 62.4 Å². The van der Waals surface area contributed by atoms with E-state index in [-0.39, 0.29) is 48.7 Å². The second-order valence-corrected chi connectivity index (χ2v) is 35.3. The van der Waals surface area contributed by atoms with Gasteiger partial charge in [0.2, 0.25) is 17.7 Å². The van der Waals surface area contributed by atoms with E-state index >= 15 is 0 Å². The topological polar surface area (TPSA) is 234 Å². The Morgan fingerprint density at radius 2 is 1.44 bits per heavy atom. The number of unbranched alkanes of at least 4 members (excludes halogenated alkanes) is 3. The lowest BCUT2D eigenvalue weighted by molar-refractivity contribution is -0.144. The van der Waals surface area contributed by atoms with Crippen LogP contribution in [0.15, 0.2) is 147 Å². The Morgan fingerprint density at radius 3 is 2.09 bits per heavy atom. The van der Waals surface area contributed by atoms with Crippen LogP contribution in [0.3, 0.4) is 0 Å². The summed E-state index contributed by atoms with van der Waals surface area (Å²) in [6.07, 6.45) is 6.05. The number of aromatic nitrogens is 1. The molecule has 3 aliphatic heterocycles. The number of hydrogen-bond acceptors (Lipinski definition) is 17. The highest BCUT2D eigenvalue weighted by Gasteiger charge is 2.49. The molecule has 4 heterocycles. The zero-order valence-electron chi connectivity index (χ0n) is 59.4. The van der Waals surface area contributed by atoms with Crippen molar-refractivity contribution in [3.8, 4) is 10.4 Å². The highest BCUT2D eigenvalue weighted by atomic mass is 35.5. The average molecular weight is 1510 g/mol. The number of rotatable bonds is 29. The lowest BCUT2D eigenvalue weighted by Crippen LogP contribution is -2.57. The number of nitrogens with one attached hydrogen (secondary N) is 4. The predicted octanol–water partition coefficient (Wildman–Crippen LogP) is 12.3. The Hall–Kier alpha value is -6.88. The predicted molar refractivity (Wildman–Crippen MR) is 402 cm³/mol. The number of likely N-dealkylation sites (tertiary alicyclic amines) is 1. The minimum atomic E-state index is -6.15. The molecular formula is C76H96ClF3N10O9S4. The number of benzene rings is 5. The summed E-state index contributed by atoms with van der Waals surface area (Å²) < 4.78 is 100. The zero-order chi connectivity index (χ0) is 73.9. The lowest BCUT2D eigenvalue weighted by atomic mass is 9.73. The number of aliphatic hydroxyl groups excluding tert-OH is 1. The largest absolute Gasteiger partial charge is 0.501 e. The number of allylic oxidation sites excluding steroid dienone is 1. The van der Waals surface area contributed by atoms with Crippen molar-refractivity contribution in [1.29, 1.82) is 0 Å². The summed E-state index contributed by atoms with van der Waals surface area (Å²) in [5.74, 6) is -1.80. The molecule has 556 valence electrons. The molecule has 4 atom stereocenters. The molecule has 4 amide bonds. The number of aryl methyl sites for hydroxylation is 1. The quantitative estimate of drug-likeness (QED) is 0.0217. The number of piperazine rings is 2. The number of β-amino-alcohol motifs (C(OH)–C–C–N with tert-alkyl or cyclic N) is 1. The minimum absolute atomic E-state index is 0.0247. The van der Waals surface area contributed by atoms with Crippen LogP contribution < -0.4 is 25.6 Å². The lowest BCUT2D eigenvalue weighted by Gasteiger charge is -2.39. The van der Waals surface area contributed by atoms with Crippen LogP contribution >= 0.6 is 34.7 Å². The van der Waals surface area contributed by atoms with Gasteiger partial charge >= 0.3 is 5.51 Å². The van der Waals surface area contributed by atoms with Crippen molar-refractivity contribution >= 4 is 95.1 Å². The smallest absolute Gasteiger partial charge is 0.391 e. The van der Waals surface area contributed by atoms with Crippen molar-refractivity contribution in [2.45, 2.75) is 157 Å². The number of halogens is 4. The van der Waals surface area contributed by atoms with Crippen LogP contribution in [0, 0.1) is 17.8 Å². The number of thiazole rings is 1. The summed E-state index contributed by atoms with van der Waals surface area (Å²) in [6, 6.07) is 31.7. The van der Waals surface area contributed by atoms with Gasteiger partial charge < -0.3 is 40.7 Å². The highest BCUT2D eigenvalue weighted by Crippen LogP contribution is 2.44. The molecule has 3 saturated heterocycles. The Kier molecular flexibility index (Phi) is 26.4. The fourth-order valence-electron chi connectivity index (χ4n) is 13.9. The van der Waals surface area contributed by atoms with Gasteiger partial charge in [0.15, 0.2) is 0 Å². The van der Waals surface area contributed by atoms with Gasteiger partial charge in [0.05, 0.1) is 32.8 Å². The van der Waals surface area contributed by atoms with E-state index in [1.54, 1.807) is 29.0 Å². The maximum absolute atomic E-state index is 14.6. The maximum atomic E-state index is 14.6. The number of amides is 4. The second-order valence-electron chi connectivity index (χ2n) is 29.3. The first kappa shape index (κ1) is 78.7. The average Bonchev–Trinajstić information content (AvgIpc) is 1.01. The third-order valence-electron chi connectivity index (χ3n) is 19.9. The summed E-state index contributed by atoms with van der Waals surface area (Å²) in [7, 11) is -11.1. The summed E-state index contributed by atoms with van der Waals surface area (Å²) in [5.41, 5.74) is 2.75. The van der Waals surface area contributed by atoms with Gasteiger partial charge in [-0.2, -0.15) is 13.2 Å². The molecule has 0 unspecified atom stereocenters. The number of carbonyl (C=O) groups excluding carboxylic acids is 4. The fourth-order valence-corrected chi connectivity index (χ4v) is 17.8. The normalized spacial score (nSPS) is 18.7. The molecule has 5 N–H and O–H groups in total. The van der Waals surface area contributed by atoms with E-state index < -0.39 is 82.3 Å². The Balaban J connectivity index is 0.680. The molecule has 27 heteroatoms. The molecule has 5 aromatic carbocycles. The Labute approximate surface area is 617 Å². The zero-order valence-corrected chi connectivity index (χ0v) is 63.5. The van der Waals surface area contributed by atoms with Crippen molar-refractivity contribution in [2.24, 2.45) is 10.8 Å². The first-order chi connectivity index (χ1) is 48.9. The number of carbonyl (C=O) groups is 4. The molecule has 4 aliphatic rings. The molecule has 6 aromatic rings. The number of nitrogens with zero attached hydrogens (tertiary/aromatic N) is 6. The number of sulfonamides is 1. The van der Waals surface area contributed by atoms with Crippen molar-refractivity contribution < 1.29 is 54.3 Å². The molecule has 103 heavy (non-hydrogen) atoms. The van der Waals surface area contributed by atoms with Crippen molar-refractivity contribution in [3.05, 3.63) is 160 Å². The van der Waals surface area contributed by atoms with E-state index in [0.717, 1.165) is 122 Å². The molecule has 10 rings (SSSR count). The number of sulfone groups is 1. The molecular weight excluding hydrogens is 1420 g/mol. The summed E-state index contributed by atoms with van der Waals surface area (Å²) in [4.78, 5) is 69.7. The van der Waals surface area contributed by atoms with Gasteiger partial charge in [-0.1, -0.05) is 119 Å². The van der Waals surface area contributed by atoms with Gasteiger partial charge in [0.25, 0.3) is 25.8 Å². The van der Waals surface area contributed by atoms with Crippen LogP contribution in [-0.4, -0.2) is 184 Å². The van der Waals surface area contributed by atoms with E-state index in [2.05, 4.69) is 66.5 Å². The van der Waals surface area contributed by atoms with E-state index in [1.165, 1.54) is 45.5 Å². The van der Waals surface area contributed by atoms with E-state index in [4.69, 9.17) is 11.6 Å². The number of thioether (sulfide) groups is 1. The molecule has 0 spiro atoms. The van der Waals surface area contributed by atoms with Gasteiger partial charge in [-0.3, -0.25) is 24.1 Å². The van der Waals surface area contributed by atoms with Crippen molar-refractivity contribution in [1.82, 2.24) is 39.9 Å². The molecule has 3 fully saturated rings. The standard InChI is InChI=1S/C76H96ClF3N10O9S4/c1-52-69(101-51-82-52)55-19-17-53(18-20-55)47-81-72(94)66-44-61(91)49-90(66)73(95)70(74(2,3)4)84-68(92)16-12-7-8-13-34-86-36-38-87(39-37-86)35-32-59(50-100-62-14-10-9-11-15-62)83-65-30-29-63(45-67(65)102(96,97)76(78,79)80)103(98,99)85-71(93)56-23-27-60(28-24-56)89-42-40-88(41-43-89)48-57-46-75(5,6)33-31-64(57)54-21-25-58(77)26-22-54/h9-11,14-15,17-30,45,51,59,61,66,70,83,91H,7-8,12-13,16,31-44,46-50H2,1-6H3,(H,81,94)(H,84,92)(H,85,93)/t59-,61-,66+,70-/m1/s1. The van der Waals surface area contributed by atoms with Crippen LogP contribution in [0.25, 0.3) is 16.0 Å². The minimum Gasteiger partial charge on any atom is -0.391 e. The third kappa shape index (κ3) is 21.2. The number of anilines is 2. The van der Waals surface area contributed by atoms with E-state index in [9.17, 15) is 54.3 Å². The van der Waals surface area contributed by atoms with Gasteiger partial charge in [0, 0.05) is 124 Å². The summed E-state index contributed by atoms with van der Waals surface area (Å²) in [5, 5.41) is 20.4. The molecule has 1 aliphatic carbocycles. The first-order valence-electron chi connectivity index (χ1n) is 35.4. The van der Waals surface area contributed by atoms with Crippen LogP contribution in [0.2, 0.25) is 5.02 Å². The van der Waals surface area contributed by atoms with Gasteiger partial charge in [0.1, 0.15) is 17.0 Å². The van der Waals surface area contributed by atoms with Crippen LogP contribution in [-0.2, 0) is 40.8 Å². The van der Waals surface area contributed by atoms with Crippen LogP contribution in [0.4, 0.5) is 24.5 Å². The maximum Gasteiger partial charge on any atom is 0.501 e. The highest BCUT2D eigenvalue weighted by molar-refractivity contribution is 7.99. The second kappa shape index (κ2) is 34.6. The molecule has 0 bridgehead atoms. The Bertz CT molecular complexity index is 4170.